The number of carbonyl (C=O) groups excluding carboxylic acids is 1. The minimum Gasteiger partial charge on any atom is -0.465 e. The summed E-state index contributed by atoms with van der Waals surface area (Å²) in [5.41, 5.74) is 7.32. The Kier molecular flexibility index (Phi) is 5.81. The van der Waals surface area contributed by atoms with E-state index in [9.17, 15) is 13.2 Å². The summed E-state index contributed by atoms with van der Waals surface area (Å²) in [5.74, 6) is -0.256. The molecule has 0 heterocycles. The van der Waals surface area contributed by atoms with E-state index in [1.807, 2.05) is 6.07 Å². The van der Waals surface area contributed by atoms with Crippen LogP contribution in [0.15, 0.2) is 53.4 Å². The summed E-state index contributed by atoms with van der Waals surface area (Å²) in [6, 6.07) is 13.0. The molecule has 3 N–H and O–H groups in total. The van der Waals surface area contributed by atoms with E-state index in [0.717, 1.165) is 5.56 Å². The highest BCUT2D eigenvalue weighted by Crippen LogP contribution is 2.19. The number of nitrogens with two attached hydrogens (primary N) is 1. The van der Waals surface area contributed by atoms with E-state index in [0.29, 0.717) is 24.2 Å². The van der Waals surface area contributed by atoms with Gasteiger partial charge in [0.05, 0.1) is 11.5 Å². The summed E-state index contributed by atoms with van der Waals surface area (Å²) in [6.45, 7) is 1.99. The fourth-order valence-electron chi connectivity index (χ4n) is 2.07. The minimum atomic E-state index is -3.71. The van der Waals surface area contributed by atoms with E-state index in [4.69, 9.17) is 10.5 Å². The minimum absolute atomic E-state index is 0.102. The number of esters is 1. The van der Waals surface area contributed by atoms with Crippen molar-refractivity contribution in [3.63, 3.8) is 0 Å². The van der Waals surface area contributed by atoms with Crippen molar-refractivity contribution in [3.05, 3.63) is 54.1 Å². The molecule has 0 unspecified atom stereocenters. The van der Waals surface area contributed by atoms with Crippen LogP contribution in [0.5, 0.6) is 0 Å². The fourth-order valence-corrected chi connectivity index (χ4v) is 3.17. The average Bonchev–Trinajstić information content (AvgIpc) is 2.54. The van der Waals surface area contributed by atoms with Crippen LogP contribution < -0.4 is 10.5 Å². The van der Waals surface area contributed by atoms with E-state index in [1.165, 1.54) is 12.1 Å². The molecule has 0 aliphatic carbocycles. The van der Waals surface area contributed by atoms with Gasteiger partial charge in [-0.2, -0.15) is 0 Å². The molecule has 0 atom stereocenters. The predicted molar refractivity (Wildman–Crippen MR) is 93.1 cm³/mol. The zero-order valence-electron chi connectivity index (χ0n) is 13.4. The highest BCUT2D eigenvalue weighted by Gasteiger charge is 2.14. The second-order valence-corrected chi connectivity index (χ2v) is 6.88. The third-order valence-electron chi connectivity index (χ3n) is 3.29. The zero-order valence-corrected chi connectivity index (χ0v) is 14.2. The second kappa shape index (κ2) is 7.83. The van der Waals surface area contributed by atoms with Crippen molar-refractivity contribution in [1.29, 1.82) is 0 Å². The van der Waals surface area contributed by atoms with Gasteiger partial charge in [0.15, 0.2) is 0 Å². The molecule has 0 bridgehead atoms. The molecule has 0 amide bonds. The number of nitrogens with one attached hydrogen (secondary N) is 1. The lowest BCUT2D eigenvalue weighted by Crippen LogP contribution is -2.13. The number of anilines is 2. The van der Waals surface area contributed by atoms with Crippen LogP contribution in [0.1, 0.15) is 18.9 Å². The first-order valence-electron chi connectivity index (χ1n) is 7.53. The van der Waals surface area contributed by atoms with Crippen LogP contribution in [0.3, 0.4) is 0 Å². The molecule has 0 fully saturated rings. The van der Waals surface area contributed by atoms with Crippen LogP contribution in [-0.4, -0.2) is 21.0 Å². The van der Waals surface area contributed by atoms with Gasteiger partial charge in [-0.1, -0.05) is 25.1 Å². The van der Waals surface area contributed by atoms with E-state index in [2.05, 4.69) is 4.72 Å². The number of nitrogen functional groups attached to an aromatic ring is 1. The Morgan fingerprint density at radius 3 is 2.62 bits per heavy atom. The first kappa shape index (κ1) is 17.8. The molecule has 2 aromatic carbocycles. The highest BCUT2D eigenvalue weighted by atomic mass is 32.2. The third kappa shape index (κ3) is 4.99. The lowest BCUT2D eigenvalue weighted by Gasteiger charge is -2.10. The van der Waals surface area contributed by atoms with Crippen molar-refractivity contribution in [2.45, 2.75) is 24.7 Å². The molecule has 0 aliphatic heterocycles. The zero-order chi connectivity index (χ0) is 17.6. The van der Waals surface area contributed by atoms with Crippen molar-refractivity contribution in [2.24, 2.45) is 0 Å². The number of hydrogen-bond acceptors (Lipinski definition) is 5. The maximum Gasteiger partial charge on any atom is 0.305 e. The van der Waals surface area contributed by atoms with Gasteiger partial charge in [-0.05, 0) is 35.9 Å². The molecule has 0 spiro atoms. The molecular formula is C17H20N2O4S. The smallest absolute Gasteiger partial charge is 0.305 e. The first-order valence-corrected chi connectivity index (χ1v) is 9.02. The molecule has 0 aliphatic rings. The van der Waals surface area contributed by atoms with Gasteiger partial charge in [-0.3, -0.25) is 9.52 Å². The quantitative estimate of drug-likeness (QED) is 0.592. The highest BCUT2D eigenvalue weighted by molar-refractivity contribution is 7.92. The van der Waals surface area contributed by atoms with Gasteiger partial charge in [0.1, 0.15) is 0 Å². The van der Waals surface area contributed by atoms with Crippen molar-refractivity contribution in [3.8, 4) is 0 Å². The fraction of sp³-hybridized carbons (Fsp3) is 0.235. The largest absolute Gasteiger partial charge is 0.465 e. The maximum absolute atomic E-state index is 12.4. The standard InChI is InChI=1S/C17H20N2O4S/c1-2-17(20)23-10-9-13-5-3-7-15(11-13)19-24(21,22)16-8-4-6-14(18)12-16/h3-8,11-12,19H,2,9-10,18H2,1H3. The number of hydrogen-bond donors (Lipinski definition) is 2. The predicted octanol–water partition coefficient (Wildman–Crippen LogP) is 2.57. The Morgan fingerprint density at radius 2 is 1.92 bits per heavy atom. The molecule has 0 saturated heterocycles. The molecular weight excluding hydrogens is 328 g/mol. The van der Waals surface area contributed by atoms with Crippen LogP contribution in [0.25, 0.3) is 0 Å². The van der Waals surface area contributed by atoms with Gasteiger partial charge in [-0.15, -0.1) is 0 Å². The van der Waals surface area contributed by atoms with Gasteiger partial charge < -0.3 is 10.5 Å². The Hall–Kier alpha value is -2.54. The van der Waals surface area contributed by atoms with E-state index >= 15 is 0 Å². The van der Waals surface area contributed by atoms with Crippen LogP contribution in [0, 0.1) is 0 Å². The Balaban J connectivity index is 2.07. The van der Waals surface area contributed by atoms with E-state index in [-0.39, 0.29) is 17.5 Å². The van der Waals surface area contributed by atoms with Crippen LogP contribution in [0.4, 0.5) is 11.4 Å². The van der Waals surface area contributed by atoms with Gasteiger partial charge in [-0.25, -0.2) is 8.42 Å². The molecule has 0 aromatic heterocycles. The van der Waals surface area contributed by atoms with Crippen LogP contribution in [0.2, 0.25) is 0 Å². The summed E-state index contributed by atoms with van der Waals surface area (Å²) >= 11 is 0. The Bertz CT molecular complexity index is 819. The summed E-state index contributed by atoms with van der Waals surface area (Å²) in [5, 5.41) is 0. The maximum atomic E-state index is 12.4. The molecule has 7 heteroatoms. The van der Waals surface area contributed by atoms with Gasteiger partial charge in [0, 0.05) is 24.2 Å². The van der Waals surface area contributed by atoms with Crippen LogP contribution in [-0.2, 0) is 26.0 Å². The van der Waals surface area contributed by atoms with E-state index in [1.54, 1.807) is 37.3 Å². The normalized spacial score (nSPS) is 11.0. The molecule has 24 heavy (non-hydrogen) atoms. The van der Waals surface area contributed by atoms with Gasteiger partial charge in [0.25, 0.3) is 10.0 Å². The lowest BCUT2D eigenvalue weighted by molar-refractivity contribution is -0.143. The second-order valence-electron chi connectivity index (χ2n) is 5.20. The van der Waals surface area contributed by atoms with Crippen molar-refractivity contribution in [2.75, 3.05) is 17.1 Å². The Morgan fingerprint density at radius 1 is 1.17 bits per heavy atom. The molecule has 2 aromatic rings. The molecule has 0 saturated carbocycles. The van der Waals surface area contributed by atoms with Crippen molar-refractivity contribution < 1.29 is 17.9 Å². The summed E-state index contributed by atoms with van der Waals surface area (Å²) in [6.07, 6.45) is 0.847. The monoisotopic (exact) mass is 348 g/mol. The number of rotatable bonds is 7. The first-order chi connectivity index (χ1) is 11.4. The van der Waals surface area contributed by atoms with Crippen molar-refractivity contribution in [1.82, 2.24) is 0 Å². The SMILES string of the molecule is CCC(=O)OCCc1cccc(NS(=O)(=O)c2cccc(N)c2)c1. The van der Waals surface area contributed by atoms with Gasteiger partial charge >= 0.3 is 5.97 Å². The molecule has 6 nitrogen and oxygen atoms in total. The van der Waals surface area contributed by atoms with Gasteiger partial charge in [0.2, 0.25) is 0 Å². The number of sulfonamides is 1. The summed E-state index contributed by atoms with van der Waals surface area (Å²) < 4.78 is 32.3. The molecule has 128 valence electrons. The number of benzene rings is 2. The number of ether oxygens (including phenoxy) is 1. The average molecular weight is 348 g/mol. The Labute approximate surface area is 141 Å². The topological polar surface area (TPSA) is 98.5 Å². The van der Waals surface area contributed by atoms with Crippen LogP contribution >= 0.6 is 0 Å². The summed E-state index contributed by atoms with van der Waals surface area (Å²) in [4.78, 5) is 11.2. The third-order valence-corrected chi connectivity index (χ3v) is 4.67. The summed E-state index contributed by atoms with van der Waals surface area (Å²) in [7, 11) is -3.71. The number of carbonyl (C=O) groups is 1. The molecule has 0 radical (unpaired) electrons. The van der Waals surface area contributed by atoms with E-state index < -0.39 is 10.0 Å². The van der Waals surface area contributed by atoms with Crippen molar-refractivity contribution >= 4 is 27.4 Å². The lowest BCUT2D eigenvalue weighted by atomic mass is 10.1. The molecule has 2 rings (SSSR count).